The van der Waals surface area contributed by atoms with Crippen LogP contribution in [-0.4, -0.2) is 28.4 Å². The molecule has 1 aromatic carbocycles. The minimum Gasteiger partial charge on any atom is -0.393 e. The minimum atomic E-state index is -0.253. The lowest BCUT2D eigenvalue weighted by atomic mass is 9.93. The molecule has 0 heterocycles. The van der Waals surface area contributed by atoms with Crippen LogP contribution in [0.1, 0.15) is 45.1 Å². The molecule has 1 amide bonds. The Hall–Kier alpha value is -1.00. The highest BCUT2D eigenvalue weighted by Gasteiger charge is 2.21. The third-order valence-electron chi connectivity index (χ3n) is 3.67. The van der Waals surface area contributed by atoms with Crippen molar-refractivity contribution in [3.8, 4) is 0 Å². The SMILES string of the molecule is CC(C)Sc1ccc(CC(=O)NC2CCCC(O)C2)cc1. The van der Waals surface area contributed by atoms with Gasteiger partial charge < -0.3 is 10.4 Å². The average molecular weight is 307 g/mol. The zero-order chi connectivity index (χ0) is 15.2. The molecule has 0 aliphatic heterocycles. The molecule has 0 radical (unpaired) electrons. The van der Waals surface area contributed by atoms with Crippen molar-refractivity contribution in [1.29, 1.82) is 0 Å². The van der Waals surface area contributed by atoms with Crippen LogP contribution in [0.25, 0.3) is 0 Å². The molecule has 116 valence electrons. The summed E-state index contributed by atoms with van der Waals surface area (Å²) in [6.07, 6.45) is 3.69. The van der Waals surface area contributed by atoms with E-state index in [1.165, 1.54) is 4.90 Å². The van der Waals surface area contributed by atoms with Gasteiger partial charge >= 0.3 is 0 Å². The second kappa shape index (κ2) is 7.85. The molecule has 0 spiro atoms. The topological polar surface area (TPSA) is 49.3 Å². The maximum absolute atomic E-state index is 12.1. The second-order valence-corrected chi connectivity index (χ2v) is 7.72. The summed E-state index contributed by atoms with van der Waals surface area (Å²) in [5, 5.41) is 13.2. The first kappa shape index (κ1) is 16.4. The Morgan fingerprint density at radius 1 is 1.33 bits per heavy atom. The van der Waals surface area contributed by atoms with Gasteiger partial charge in [0, 0.05) is 16.2 Å². The highest BCUT2D eigenvalue weighted by atomic mass is 32.2. The molecule has 4 heteroatoms. The molecule has 1 aliphatic rings. The first-order valence-corrected chi connectivity index (χ1v) is 8.64. The number of hydrogen-bond donors (Lipinski definition) is 2. The Morgan fingerprint density at radius 3 is 2.67 bits per heavy atom. The number of aliphatic hydroxyl groups is 1. The molecular weight excluding hydrogens is 282 g/mol. The highest BCUT2D eigenvalue weighted by molar-refractivity contribution is 7.99. The minimum absolute atomic E-state index is 0.0540. The number of rotatable bonds is 5. The summed E-state index contributed by atoms with van der Waals surface area (Å²) >= 11 is 1.83. The van der Waals surface area contributed by atoms with Crippen LogP contribution in [0.3, 0.4) is 0 Å². The highest BCUT2D eigenvalue weighted by Crippen LogP contribution is 2.23. The molecule has 2 unspecified atom stereocenters. The van der Waals surface area contributed by atoms with Crippen molar-refractivity contribution >= 4 is 17.7 Å². The van der Waals surface area contributed by atoms with E-state index in [1.807, 2.05) is 23.9 Å². The van der Waals surface area contributed by atoms with Crippen LogP contribution in [-0.2, 0) is 11.2 Å². The van der Waals surface area contributed by atoms with Gasteiger partial charge in [0.1, 0.15) is 0 Å². The lowest BCUT2D eigenvalue weighted by Gasteiger charge is -2.26. The number of hydrogen-bond acceptors (Lipinski definition) is 3. The normalized spacial score (nSPS) is 22.3. The number of thioether (sulfide) groups is 1. The van der Waals surface area contributed by atoms with E-state index in [4.69, 9.17) is 0 Å². The molecule has 0 bridgehead atoms. The first-order chi connectivity index (χ1) is 10.0. The molecule has 0 aromatic heterocycles. The number of carbonyl (C=O) groups is 1. The Labute approximate surface area is 131 Å². The zero-order valence-electron chi connectivity index (χ0n) is 12.8. The number of carbonyl (C=O) groups excluding carboxylic acids is 1. The van der Waals surface area contributed by atoms with Gasteiger partial charge in [-0.05, 0) is 43.4 Å². The van der Waals surface area contributed by atoms with Crippen molar-refractivity contribution in [3.05, 3.63) is 29.8 Å². The Bertz CT molecular complexity index is 458. The van der Waals surface area contributed by atoms with Gasteiger partial charge in [0.15, 0.2) is 0 Å². The lowest BCUT2D eigenvalue weighted by Crippen LogP contribution is -2.40. The fourth-order valence-electron chi connectivity index (χ4n) is 2.72. The van der Waals surface area contributed by atoms with Gasteiger partial charge in [0.05, 0.1) is 12.5 Å². The Kier molecular flexibility index (Phi) is 6.12. The number of aliphatic hydroxyl groups excluding tert-OH is 1. The van der Waals surface area contributed by atoms with Crippen LogP contribution in [0.2, 0.25) is 0 Å². The molecule has 2 N–H and O–H groups in total. The summed E-state index contributed by atoms with van der Waals surface area (Å²) in [6.45, 7) is 4.34. The van der Waals surface area contributed by atoms with E-state index in [-0.39, 0.29) is 18.1 Å². The van der Waals surface area contributed by atoms with Gasteiger partial charge in [-0.25, -0.2) is 0 Å². The van der Waals surface area contributed by atoms with Gasteiger partial charge in [-0.1, -0.05) is 26.0 Å². The molecule has 0 saturated heterocycles. The maximum atomic E-state index is 12.1. The molecule has 1 saturated carbocycles. The molecular formula is C17H25NO2S. The van der Waals surface area contributed by atoms with E-state index in [0.29, 0.717) is 18.1 Å². The number of amides is 1. The smallest absolute Gasteiger partial charge is 0.224 e. The van der Waals surface area contributed by atoms with Crippen molar-refractivity contribution in [2.75, 3.05) is 0 Å². The van der Waals surface area contributed by atoms with Gasteiger partial charge in [-0.3, -0.25) is 4.79 Å². The number of benzene rings is 1. The second-order valence-electron chi connectivity index (χ2n) is 6.07. The molecule has 1 aliphatic carbocycles. The summed E-state index contributed by atoms with van der Waals surface area (Å²) in [5.74, 6) is 0.0540. The van der Waals surface area contributed by atoms with Crippen LogP contribution in [0.15, 0.2) is 29.2 Å². The Morgan fingerprint density at radius 2 is 2.05 bits per heavy atom. The largest absolute Gasteiger partial charge is 0.393 e. The first-order valence-electron chi connectivity index (χ1n) is 7.76. The average Bonchev–Trinajstić information content (AvgIpc) is 2.40. The number of nitrogens with one attached hydrogen (secondary N) is 1. The van der Waals surface area contributed by atoms with Crippen LogP contribution in [0.5, 0.6) is 0 Å². The summed E-state index contributed by atoms with van der Waals surface area (Å²) in [5.41, 5.74) is 1.04. The predicted octanol–water partition coefficient (Wildman–Crippen LogP) is 3.15. The third-order valence-corrected chi connectivity index (χ3v) is 4.69. The van der Waals surface area contributed by atoms with Gasteiger partial charge in [0.25, 0.3) is 0 Å². The molecule has 21 heavy (non-hydrogen) atoms. The monoisotopic (exact) mass is 307 g/mol. The quantitative estimate of drug-likeness (QED) is 0.822. The van der Waals surface area contributed by atoms with E-state index >= 15 is 0 Å². The van der Waals surface area contributed by atoms with Crippen LogP contribution in [0.4, 0.5) is 0 Å². The standard InChI is InChI=1S/C17H25NO2S/c1-12(2)21-16-8-6-13(7-9-16)10-17(20)18-14-4-3-5-15(19)11-14/h6-9,12,14-15,19H,3-5,10-11H2,1-2H3,(H,18,20). The Balaban J connectivity index is 1.82. The van der Waals surface area contributed by atoms with Gasteiger partial charge in [-0.2, -0.15) is 0 Å². The fourth-order valence-corrected chi connectivity index (χ4v) is 3.55. The lowest BCUT2D eigenvalue weighted by molar-refractivity contribution is -0.121. The van der Waals surface area contributed by atoms with E-state index in [9.17, 15) is 9.90 Å². The summed E-state index contributed by atoms with van der Waals surface area (Å²) < 4.78 is 0. The van der Waals surface area contributed by atoms with Crippen molar-refractivity contribution in [2.24, 2.45) is 0 Å². The van der Waals surface area contributed by atoms with Crippen LogP contribution >= 0.6 is 11.8 Å². The molecule has 1 aromatic rings. The summed E-state index contributed by atoms with van der Waals surface area (Å²) in [6, 6.07) is 8.35. The molecule has 2 rings (SSSR count). The van der Waals surface area contributed by atoms with E-state index in [1.54, 1.807) is 0 Å². The van der Waals surface area contributed by atoms with Crippen molar-refractivity contribution in [2.45, 2.75) is 68.2 Å². The van der Waals surface area contributed by atoms with E-state index in [0.717, 1.165) is 24.8 Å². The van der Waals surface area contributed by atoms with Gasteiger partial charge in [0.2, 0.25) is 5.91 Å². The van der Waals surface area contributed by atoms with E-state index < -0.39 is 0 Å². The molecule has 3 nitrogen and oxygen atoms in total. The third kappa shape index (κ3) is 5.71. The van der Waals surface area contributed by atoms with Crippen molar-refractivity contribution < 1.29 is 9.90 Å². The maximum Gasteiger partial charge on any atom is 0.224 e. The van der Waals surface area contributed by atoms with E-state index in [2.05, 4.69) is 31.3 Å². The van der Waals surface area contributed by atoms with Crippen LogP contribution in [0, 0.1) is 0 Å². The van der Waals surface area contributed by atoms with Crippen molar-refractivity contribution in [3.63, 3.8) is 0 Å². The predicted molar refractivity (Wildman–Crippen MR) is 87.5 cm³/mol. The summed E-state index contributed by atoms with van der Waals surface area (Å²) in [4.78, 5) is 13.3. The van der Waals surface area contributed by atoms with Crippen molar-refractivity contribution in [1.82, 2.24) is 5.32 Å². The molecule has 2 atom stereocenters. The molecule has 1 fully saturated rings. The fraction of sp³-hybridized carbons (Fsp3) is 0.588. The van der Waals surface area contributed by atoms with Gasteiger partial charge in [-0.15, -0.1) is 11.8 Å². The van der Waals surface area contributed by atoms with Crippen LogP contribution < -0.4 is 5.32 Å². The zero-order valence-corrected chi connectivity index (χ0v) is 13.7. The summed E-state index contributed by atoms with van der Waals surface area (Å²) in [7, 11) is 0.